The molecule has 176 valence electrons. The van der Waals surface area contributed by atoms with Crippen LogP contribution in [0.1, 0.15) is 26.7 Å². The molecule has 0 saturated carbocycles. The van der Waals surface area contributed by atoms with E-state index in [1.807, 2.05) is 0 Å². The van der Waals surface area contributed by atoms with E-state index < -0.39 is 48.4 Å². The van der Waals surface area contributed by atoms with Gasteiger partial charge in [-0.15, -0.1) is 4.03 Å². The van der Waals surface area contributed by atoms with Crippen LogP contribution < -0.4 is 21.8 Å². The first-order valence-corrected chi connectivity index (χ1v) is 10.8. The molecule has 0 aromatic rings. The van der Waals surface area contributed by atoms with E-state index in [4.69, 9.17) is 15.9 Å². The average molecular weight is 528 g/mol. The smallest absolute Gasteiger partial charge is 0.322 e. The van der Waals surface area contributed by atoms with E-state index in [0.29, 0.717) is 0 Å². The third kappa shape index (κ3) is 12.9. The van der Waals surface area contributed by atoms with Gasteiger partial charge in [0, 0.05) is 35.2 Å². The summed E-state index contributed by atoms with van der Waals surface area (Å²) in [5, 5.41) is 22.0. The number of amides is 3. The fourth-order valence-electron chi connectivity index (χ4n) is 1.92. The van der Waals surface area contributed by atoms with Gasteiger partial charge < -0.3 is 26.6 Å². The Morgan fingerprint density at radius 2 is 1.77 bits per heavy atom. The quantitative estimate of drug-likeness (QED) is 0.103. The van der Waals surface area contributed by atoms with Crippen LogP contribution in [-0.2, 0) is 28.8 Å². The molecule has 0 aliphatic carbocycles. The van der Waals surface area contributed by atoms with Crippen molar-refractivity contribution >= 4 is 63.4 Å². The van der Waals surface area contributed by atoms with E-state index in [1.165, 1.54) is 13.8 Å². The summed E-state index contributed by atoms with van der Waals surface area (Å²) < 4.78 is 1.16. The molecule has 3 unspecified atom stereocenters. The Morgan fingerprint density at radius 3 is 2.29 bits per heavy atom. The monoisotopic (exact) mass is 527 g/mol. The van der Waals surface area contributed by atoms with E-state index in [-0.39, 0.29) is 36.0 Å². The van der Waals surface area contributed by atoms with Gasteiger partial charge in [-0.3, -0.25) is 34.2 Å². The van der Waals surface area contributed by atoms with Gasteiger partial charge in [0.05, 0.1) is 11.8 Å². The molecule has 15 heteroatoms. The topological polar surface area (TPSA) is 208 Å². The van der Waals surface area contributed by atoms with E-state index in [9.17, 15) is 28.8 Å². The number of hydrogen-bond acceptors (Lipinski definition) is 9. The fourth-order valence-corrected chi connectivity index (χ4v) is 3.43. The van der Waals surface area contributed by atoms with E-state index in [0.717, 1.165) is 15.8 Å². The van der Waals surface area contributed by atoms with Gasteiger partial charge in [-0.1, -0.05) is 0 Å². The first-order chi connectivity index (χ1) is 14.3. The maximum atomic E-state index is 12.2. The number of nitrogens with one attached hydrogen (secondary N) is 3. The highest BCUT2D eigenvalue weighted by Crippen LogP contribution is 2.10. The van der Waals surface area contributed by atoms with Crippen LogP contribution in [0.15, 0.2) is 0 Å². The highest BCUT2D eigenvalue weighted by atomic mass is 79.9. The number of carbonyl (C=O) groups excluding carboxylic acids is 4. The van der Waals surface area contributed by atoms with Crippen LogP contribution in [0.2, 0.25) is 0 Å². The molecule has 0 aromatic carbocycles. The van der Waals surface area contributed by atoms with Crippen LogP contribution in [-0.4, -0.2) is 85.9 Å². The first-order valence-electron chi connectivity index (χ1n) is 8.95. The molecular weight excluding hydrogens is 502 g/mol. The van der Waals surface area contributed by atoms with Crippen molar-refractivity contribution in [1.82, 2.24) is 20.1 Å². The Balaban J connectivity index is 4.83. The maximum absolute atomic E-state index is 12.2. The standard InChI is InChI=1S/C16H26BrN5O8S/c1-8(22(17)21-9(2)23)12(24)7-31-6-11(15(28)19-5-14(26)27)20-13(25)4-3-10(18)16(29)30/h8,10-11H,3-7,18H2,1-2H3,(H,19,28)(H,20,25)(H,21,23)(H,26,27)(H,29,30). The Kier molecular flexibility index (Phi) is 13.7. The van der Waals surface area contributed by atoms with E-state index in [1.54, 1.807) is 0 Å². The average Bonchev–Trinajstić information content (AvgIpc) is 2.67. The van der Waals surface area contributed by atoms with Crippen molar-refractivity contribution in [1.29, 1.82) is 0 Å². The summed E-state index contributed by atoms with van der Waals surface area (Å²) >= 11 is 4.05. The third-order valence-corrected chi connectivity index (χ3v) is 5.51. The number of nitrogens with two attached hydrogens (primary N) is 1. The van der Waals surface area contributed by atoms with Crippen molar-refractivity contribution in [3.8, 4) is 0 Å². The molecule has 0 spiro atoms. The molecule has 0 aliphatic rings. The Morgan fingerprint density at radius 1 is 1.16 bits per heavy atom. The lowest BCUT2D eigenvalue weighted by atomic mass is 10.1. The minimum atomic E-state index is -1.28. The molecule has 7 N–H and O–H groups in total. The van der Waals surface area contributed by atoms with Crippen LogP contribution in [0, 0.1) is 0 Å². The maximum Gasteiger partial charge on any atom is 0.322 e. The zero-order chi connectivity index (χ0) is 24.1. The number of aliphatic carboxylic acids is 2. The highest BCUT2D eigenvalue weighted by molar-refractivity contribution is 9.07. The lowest BCUT2D eigenvalue weighted by Gasteiger charge is -2.21. The summed E-state index contributed by atoms with van der Waals surface area (Å²) in [6, 6.07) is -3.12. The summed E-state index contributed by atoms with van der Waals surface area (Å²) in [6.07, 6.45) is -0.413. The van der Waals surface area contributed by atoms with Crippen LogP contribution in [0.25, 0.3) is 0 Å². The Labute approximate surface area is 191 Å². The number of carboxylic acids is 2. The predicted molar refractivity (Wildman–Crippen MR) is 114 cm³/mol. The van der Waals surface area contributed by atoms with E-state index in [2.05, 4.69) is 32.2 Å². The molecule has 3 atom stereocenters. The number of carbonyl (C=O) groups is 6. The largest absolute Gasteiger partial charge is 0.480 e. The zero-order valence-electron chi connectivity index (χ0n) is 16.9. The molecule has 31 heavy (non-hydrogen) atoms. The van der Waals surface area contributed by atoms with Gasteiger partial charge in [0.2, 0.25) is 17.7 Å². The molecule has 0 heterocycles. The summed E-state index contributed by atoms with van der Waals surface area (Å²) in [5.74, 6) is -4.76. The highest BCUT2D eigenvalue weighted by Gasteiger charge is 2.25. The molecular formula is C16H26BrN5O8S. The van der Waals surface area contributed by atoms with Gasteiger partial charge in [0.25, 0.3) is 0 Å². The molecule has 0 radical (unpaired) electrons. The van der Waals surface area contributed by atoms with Crippen molar-refractivity contribution in [2.75, 3.05) is 18.1 Å². The minimum Gasteiger partial charge on any atom is -0.480 e. The number of ketones is 1. The lowest BCUT2D eigenvalue weighted by molar-refractivity contribution is -0.139. The number of hydrazine groups is 1. The number of rotatable bonds is 15. The zero-order valence-corrected chi connectivity index (χ0v) is 19.3. The molecule has 0 rings (SSSR count). The van der Waals surface area contributed by atoms with Crippen LogP contribution in [0.5, 0.6) is 0 Å². The van der Waals surface area contributed by atoms with Crippen LogP contribution in [0.4, 0.5) is 0 Å². The number of nitrogens with zero attached hydrogens (tertiary/aromatic N) is 1. The summed E-state index contributed by atoms with van der Waals surface area (Å²) in [5.41, 5.74) is 7.71. The molecule has 0 aliphatic heterocycles. The number of Topliss-reactive ketones (excluding diaryl/α,β-unsaturated/α-hetero) is 1. The molecule has 0 bridgehead atoms. The van der Waals surface area contributed by atoms with Crippen molar-refractivity contribution in [2.45, 2.75) is 44.8 Å². The fraction of sp³-hybridized carbons (Fsp3) is 0.625. The van der Waals surface area contributed by atoms with Crippen molar-refractivity contribution in [3.63, 3.8) is 0 Å². The van der Waals surface area contributed by atoms with Gasteiger partial charge in [0.1, 0.15) is 18.6 Å². The number of carboxylic acid groups (broad SMARTS) is 2. The second-order valence-electron chi connectivity index (χ2n) is 6.35. The molecule has 13 nitrogen and oxygen atoms in total. The van der Waals surface area contributed by atoms with E-state index >= 15 is 0 Å². The third-order valence-electron chi connectivity index (χ3n) is 3.66. The summed E-state index contributed by atoms with van der Waals surface area (Å²) in [4.78, 5) is 68.9. The Bertz CT molecular complexity index is 695. The van der Waals surface area contributed by atoms with Gasteiger partial charge in [0.15, 0.2) is 5.78 Å². The summed E-state index contributed by atoms with van der Waals surface area (Å²) in [7, 11) is 0. The predicted octanol–water partition coefficient (Wildman–Crippen LogP) is -1.78. The van der Waals surface area contributed by atoms with Crippen LogP contribution >= 0.6 is 27.9 Å². The first kappa shape index (κ1) is 28.8. The Hall–Kier alpha value is -2.23. The van der Waals surface area contributed by atoms with Crippen molar-refractivity contribution in [2.24, 2.45) is 5.73 Å². The van der Waals surface area contributed by atoms with Gasteiger partial charge in [-0.25, -0.2) is 0 Å². The van der Waals surface area contributed by atoms with Crippen molar-refractivity contribution < 1.29 is 39.0 Å². The molecule has 3 amide bonds. The number of halogens is 1. The second-order valence-corrected chi connectivity index (χ2v) is 8.15. The van der Waals surface area contributed by atoms with Gasteiger partial charge >= 0.3 is 11.9 Å². The molecule has 0 fully saturated rings. The van der Waals surface area contributed by atoms with Crippen molar-refractivity contribution in [3.05, 3.63) is 0 Å². The van der Waals surface area contributed by atoms with Gasteiger partial charge in [-0.2, -0.15) is 11.8 Å². The normalized spacial score (nSPS) is 13.6. The number of hydrogen-bond donors (Lipinski definition) is 6. The molecule has 0 aromatic heterocycles. The summed E-state index contributed by atoms with van der Waals surface area (Å²) in [6.45, 7) is 2.15. The second kappa shape index (κ2) is 14.7. The van der Waals surface area contributed by atoms with Crippen LogP contribution in [0.3, 0.4) is 0 Å². The van der Waals surface area contributed by atoms with Gasteiger partial charge in [-0.05, 0) is 13.3 Å². The number of thioether (sulfide) groups is 1. The SMILES string of the molecule is CC(=O)NN(Br)C(C)C(=O)CSCC(NC(=O)CCC(N)C(=O)O)C(=O)NCC(=O)O. The minimum absolute atomic E-state index is 0.0525. The molecule has 0 saturated heterocycles. The lowest BCUT2D eigenvalue weighted by Crippen LogP contribution is -2.49.